The van der Waals surface area contributed by atoms with Crippen LogP contribution in [0.5, 0.6) is 5.75 Å². The number of thiophene rings is 1. The van der Waals surface area contributed by atoms with Gasteiger partial charge in [-0.15, -0.1) is 11.3 Å². The highest BCUT2D eigenvalue weighted by Gasteiger charge is 2.21. The molecule has 0 saturated carbocycles. The number of nitriles is 1. The third-order valence-electron chi connectivity index (χ3n) is 3.43. The van der Waals surface area contributed by atoms with E-state index in [0.29, 0.717) is 22.7 Å². The third kappa shape index (κ3) is 6.24. The summed E-state index contributed by atoms with van der Waals surface area (Å²) < 4.78 is 10.4. The molecule has 1 unspecified atom stereocenters. The first-order valence-electron chi connectivity index (χ1n) is 8.09. The average Bonchev–Trinajstić information content (AvgIpc) is 3.13. The minimum atomic E-state index is -0.950. The quantitative estimate of drug-likeness (QED) is 0.552. The van der Waals surface area contributed by atoms with Gasteiger partial charge in [-0.2, -0.15) is 5.26 Å². The molecule has 0 radical (unpaired) electrons. The number of nitrogens with zero attached hydrogens (tertiary/aromatic N) is 1. The number of Topliss-reactive ketones (excluding diaryl/α,β-unsaturated/α-hetero) is 1. The Balaban J connectivity index is 1.83. The standard InChI is InChI=1S/C19H18N2O5S/c1-12(19(24)17-8-7-16(27-17)10-21-13(2)22)26-18(23)11-25-15-5-3-14(9-20)4-6-15/h3-8,12H,10-11H2,1-2H3,(H,21,22). The van der Waals surface area contributed by atoms with Crippen molar-refractivity contribution in [3.63, 3.8) is 0 Å². The molecule has 1 N–H and O–H groups in total. The summed E-state index contributed by atoms with van der Waals surface area (Å²) >= 11 is 1.24. The summed E-state index contributed by atoms with van der Waals surface area (Å²) in [4.78, 5) is 36.4. The molecule has 27 heavy (non-hydrogen) atoms. The molecule has 8 heteroatoms. The van der Waals surface area contributed by atoms with Crippen LogP contribution in [0.3, 0.4) is 0 Å². The van der Waals surface area contributed by atoms with E-state index >= 15 is 0 Å². The molecule has 1 heterocycles. The van der Waals surface area contributed by atoms with Crippen molar-refractivity contribution in [1.29, 1.82) is 5.26 Å². The van der Waals surface area contributed by atoms with Crippen LogP contribution in [-0.2, 0) is 20.9 Å². The van der Waals surface area contributed by atoms with Gasteiger partial charge in [0.1, 0.15) is 5.75 Å². The molecule has 1 amide bonds. The number of carbonyl (C=O) groups is 3. The number of benzene rings is 1. The Labute approximate surface area is 160 Å². The number of hydrogen-bond donors (Lipinski definition) is 1. The van der Waals surface area contributed by atoms with Crippen LogP contribution in [0.25, 0.3) is 0 Å². The predicted molar refractivity (Wildman–Crippen MR) is 98.4 cm³/mol. The number of hydrogen-bond acceptors (Lipinski definition) is 7. The molecule has 1 aromatic carbocycles. The van der Waals surface area contributed by atoms with Gasteiger partial charge in [0.15, 0.2) is 12.7 Å². The molecular weight excluding hydrogens is 368 g/mol. The van der Waals surface area contributed by atoms with Gasteiger partial charge in [-0.25, -0.2) is 4.79 Å². The van der Waals surface area contributed by atoms with E-state index in [1.807, 2.05) is 6.07 Å². The average molecular weight is 386 g/mol. The van der Waals surface area contributed by atoms with Crippen LogP contribution in [0.4, 0.5) is 0 Å². The molecule has 0 fully saturated rings. The number of esters is 1. The van der Waals surface area contributed by atoms with Crippen molar-refractivity contribution in [2.45, 2.75) is 26.5 Å². The molecule has 1 aromatic heterocycles. The zero-order valence-electron chi connectivity index (χ0n) is 14.9. The first-order chi connectivity index (χ1) is 12.9. The maximum Gasteiger partial charge on any atom is 0.344 e. The molecule has 2 rings (SSSR count). The number of amides is 1. The molecule has 0 bridgehead atoms. The SMILES string of the molecule is CC(=O)NCc1ccc(C(=O)C(C)OC(=O)COc2ccc(C#N)cc2)s1. The fourth-order valence-corrected chi connectivity index (χ4v) is 3.04. The maximum absolute atomic E-state index is 12.4. The fraction of sp³-hybridized carbons (Fsp3) is 0.263. The lowest BCUT2D eigenvalue weighted by Crippen LogP contribution is -2.26. The van der Waals surface area contributed by atoms with Gasteiger partial charge in [0.05, 0.1) is 23.1 Å². The molecule has 0 spiro atoms. The van der Waals surface area contributed by atoms with E-state index in [2.05, 4.69) is 5.32 Å². The second kappa shape index (κ2) is 9.50. The Bertz CT molecular complexity index is 867. The van der Waals surface area contributed by atoms with Gasteiger partial charge in [-0.05, 0) is 43.3 Å². The summed E-state index contributed by atoms with van der Waals surface area (Å²) in [7, 11) is 0. The number of rotatable bonds is 8. The van der Waals surface area contributed by atoms with Gasteiger partial charge < -0.3 is 14.8 Å². The Morgan fingerprint density at radius 1 is 1.19 bits per heavy atom. The van der Waals surface area contributed by atoms with Crippen molar-refractivity contribution in [3.8, 4) is 11.8 Å². The van der Waals surface area contributed by atoms with E-state index in [9.17, 15) is 14.4 Å². The topological polar surface area (TPSA) is 105 Å². The fourth-order valence-electron chi connectivity index (χ4n) is 2.07. The first-order valence-corrected chi connectivity index (χ1v) is 8.90. The first kappa shape index (κ1) is 20.1. The summed E-state index contributed by atoms with van der Waals surface area (Å²) in [6.45, 7) is 2.91. The molecule has 0 aliphatic carbocycles. The largest absolute Gasteiger partial charge is 0.482 e. The van der Waals surface area contributed by atoms with Crippen LogP contribution in [0.1, 0.15) is 34.0 Å². The molecule has 0 aliphatic rings. The van der Waals surface area contributed by atoms with E-state index in [0.717, 1.165) is 4.88 Å². The molecule has 2 aromatic rings. The Morgan fingerprint density at radius 2 is 1.89 bits per heavy atom. The molecule has 0 aliphatic heterocycles. The van der Waals surface area contributed by atoms with Crippen molar-refractivity contribution in [2.24, 2.45) is 0 Å². The van der Waals surface area contributed by atoms with Crippen LogP contribution in [-0.4, -0.2) is 30.4 Å². The summed E-state index contributed by atoms with van der Waals surface area (Å²) in [5.41, 5.74) is 0.484. The molecule has 140 valence electrons. The summed E-state index contributed by atoms with van der Waals surface area (Å²) in [6, 6.07) is 11.7. The molecule has 0 saturated heterocycles. The van der Waals surface area contributed by atoms with Crippen molar-refractivity contribution < 1.29 is 23.9 Å². The highest BCUT2D eigenvalue weighted by Crippen LogP contribution is 2.19. The van der Waals surface area contributed by atoms with Crippen molar-refractivity contribution >= 4 is 29.0 Å². The van der Waals surface area contributed by atoms with Crippen LogP contribution in [0.15, 0.2) is 36.4 Å². The summed E-state index contributed by atoms with van der Waals surface area (Å²) in [5.74, 6) is -0.720. The third-order valence-corrected chi connectivity index (χ3v) is 4.53. The lowest BCUT2D eigenvalue weighted by Gasteiger charge is -2.12. The van der Waals surface area contributed by atoms with E-state index in [1.165, 1.54) is 25.2 Å². The Kier molecular flexibility index (Phi) is 7.08. The van der Waals surface area contributed by atoms with Crippen LogP contribution in [0, 0.1) is 11.3 Å². The van der Waals surface area contributed by atoms with E-state index in [-0.39, 0.29) is 18.3 Å². The van der Waals surface area contributed by atoms with Gasteiger partial charge in [-0.3, -0.25) is 9.59 Å². The number of ether oxygens (including phenoxy) is 2. The van der Waals surface area contributed by atoms with Gasteiger partial charge in [0.25, 0.3) is 0 Å². The van der Waals surface area contributed by atoms with Gasteiger partial charge in [0, 0.05) is 11.8 Å². The second-order valence-corrected chi connectivity index (χ2v) is 6.77. The summed E-state index contributed by atoms with van der Waals surface area (Å²) in [5, 5.41) is 11.4. The maximum atomic E-state index is 12.4. The number of ketones is 1. The number of nitrogens with one attached hydrogen (secondary N) is 1. The smallest absolute Gasteiger partial charge is 0.344 e. The predicted octanol–water partition coefficient (Wildman–Crippen LogP) is 2.45. The van der Waals surface area contributed by atoms with E-state index in [4.69, 9.17) is 14.7 Å². The second-order valence-electron chi connectivity index (χ2n) is 5.60. The Hall–Kier alpha value is -3.18. The lowest BCUT2D eigenvalue weighted by atomic mass is 10.2. The van der Waals surface area contributed by atoms with E-state index in [1.54, 1.807) is 36.4 Å². The highest BCUT2D eigenvalue weighted by atomic mass is 32.1. The minimum absolute atomic E-state index is 0.152. The van der Waals surface area contributed by atoms with E-state index < -0.39 is 12.1 Å². The monoisotopic (exact) mass is 386 g/mol. The zero-order valence-corrected chi connectivity index (χ0v) is 15.7. The zero-order chi connectivity index (χ0) is 19.8. The lowest BCUT2D eigenvalue weighted by molar-refractivity contribution is -0.148. The minimum Gasteiger partial charge on any atom is -0.482 e. The van der Waals surface area contributed by atoms with Crippen molar-refractivity contribution in [3.05, 3.63) is 51.7 Å². The van der Waals surface area contributed by atoms with Crippen molar-refractivity contribution in [2.75, 3.05) is 6.61 Å². The normalized spacial score (nSPS) is 11.1. The number of carbonyl (C=O) groups excluding carboxylic acids is 3. The van der Waals surface area contributed by atoms with Gasteiger partial charge in [0.2, 0.25) is 11.7 Å². The highest BCUT2D eigenvalue weighted by molar-refractivity contribution is 7.14. The van der Waals surface area contributed by atoms with Gasteiger partial charge >= 0.3 is 5.97 Å². The van der Waals surface area contributed by atoms with Crippen LogP contribution >= 0.6 is 11.3 Å². The Morgan fingerprint density at radius 3 is 2.52 bits per heavy atom. The van der Waals surface area contributed by atoms with Gasteiger partial charge in [-0.1, -0.05) is 0 Å². The molecule has 7 nitrogen and oxygen atoms in total. The summed E-state index contributed by atoms with van der Waals surface area (Å²) in [6.07, 6.45) is -0.950. The van der Waals surface area contributed by atoms with Crippen LogP contribution < -0.4 is 10.1 Å². The van der Waals surface area contributed by atoms with Crippen LogP contribution in [0.2, 0.25) is 0 Å². The van der Waals surface area contributed by atoms with Crippen molar-refractivity contribution in [1.82, 2.24) is 5.32 Å². The molecule has 1 atom stereocenters. The molecular formula is C19H18N2O5S.